The largest absolute Gasteiger partial charge is 0.486 e. The Hall–Kier alpha value is -2.37. The van der Waals surface area contributed by atoms with Crippen LogP contribution in [0.1, 0.15) is 12.0 Å². The number of furan rings is 1. The fourth-order valence-electron chi connectivity index (χ4n) is 4.28. The molecule has 1 fully saturated rings. The highest BCUT2D eigenvalue weighted by Crippen LogP contribution is 2.39. The van der Waals surface area contributed by atoms with Gasteiger partial charge in [-0.25, -0.2) is 0 Å². The Labute approximate surface area is 175 Å². The van der Waals surface area contributed by atoms with Gasteiger partial charge in [0, 0.05) is 31.6 Å². The van der Waals surface area contributed by atoms with E-state index in [0.29, 0.717) is 18.2 Å². The molecular formula is C23H25ClN2O3. The van der Waals surface area contributed by atoms with Crippen LogP contribution in [0.3, 0.4) is 0 Å². The Morgan fingerprint density at radius 3 is 2.66 bits per heavy atom. The zero-order valence-electron chi connectivity index (χ0n) is 16.4. The molecule has 2 aromatic carbocycles. The second-order valence-corrected chi connectivity index (χ2v) is 8.02. The molecular weight excluding hydrogens is 388 g/mol. The van der Waals surface area contributed by atoms with Gasteiger partial charge in [-0.2, -0.15) is 0 Å². The number of rotatable bonds is 5. The first-order valence-corrected chi connectivity index (χ1v) is 10.7. The number of para-hydroxylation sites is 2. The molecule has 3 aromatic rings. The van der Waals surface area contributed by atoms with Crippen LogP contribution >= 0.6 is 11.6 Å². The molecule has 0 N–H and O–H groups in total. The standard InChI is InChI=1S/C23H25ClN2O3/c24-19-6-1-5-18-17(16-29-22(18)19)4-3-9-25-10-12-26(13-11-25)20-7-2-8-21-23(20)28-15-14-27-21/h1-2,5-8,16H,3-4,9-15H2. The molecule has 0 aliphatic carbocycles. The number of hydrogen-bond donors (Lipinski definition) is 0. The minimum absolute atomic E-state index is 0.623. The van der Waals surface area contributed by atoms with Crippen molar-refractivity contribution in [1.82, 2.24) is 4.90 Å². The van der Waals surface area contributed by atoms with Crippen molar-refractivity contribution in [3.63, 3.8) is 0 Å². The molecule has 1 aromatic heterocycles. The smallest absolute Gasteiger partial charge is 0.184 e. The lowest BCUT2D eigenvalue weighted by atomic mass is 10.1. The van der Waals surface area contributed by atoms with Gasteiger partial charge in [0.15, 0.2) is 17.1 Å². The number of fused-ring (bicyclic) bond motifs is 2. The summed E-state index contributed by atoms with van der Waals surface area (Å²) in [6.07, 6.45) is 3.97. The van der Waals surface area contributed by atoms with E-state index >= 15 is 0 Å². The van der Waals surface area contributed by atoms with Crippen LogP contribution in [-0.4, -0.2) is 50.8 Å². The van der Waals surface area contributed by atoms with Gasteiger partial charge in [0.25, 0.3) is 0 Å². The molecule has 2 aliphatic rings. The fraction of sp³-hybridized carbons (Fsp3) is 0.391. The van der Waals surface area contributed by atoms with Gasteiger partial charge in [-0.15, -0.1) is 0 Å². The molecule has 0 spiro atoms. The quantitative estimate of drug-likeness (QED) is 0.611. The number of halogens is 1. The molecule has 0 atom stereocenters. The molecule has 0 radical (unpaired) electrons. The fourth-order valence-corrected chi connectivity index (χ4v) is 4.50. The Kier molecular flexibility index (Phi) is 5.25. The van der Waals surface area contributed by atoms with Crippen molar-refractivity contribution < 1.29 is 13.9 Å². The second kappa shape index (κ2) is 8.17. The Morgan fingerprint density at radius 2 is 1.76 bits per heavy atom. The van der Waals surface area contributed by atoms with Crippen LogP contribution < -0.4 is 14.4 Å². The number of aryl methyl sites for hydroxylation is 1. The van der Waals surface area contributed by atoms with E-state index in [0.717, 1.165) is 73.7 Å². The van der Waals surface area contributed by atoms with Gasteiger partial charge < -0.3 is 18.8 Å². The van der Waals surface area contributed by atoms with Crippen molar-refractivity contribution in [3.8, 4) is 11.5 Å². The molecule has 0 amide bonds. The summed E-state index contributed by atoms with van der Waals surface area (Å²) in [7, 11) is 0. The van der Waals surface area contributed by atoms with Gasteiger partial charge in [-0.3, -0.25) is 4.90 Å². The first-order valence-electron chi connectivity index (χ1n) is 10.3. The van der Waals surface area contributed by atoms with E-state index in [4.69, 9.17) is 25.5 Å². The predicted octanol–water partition coefficient (Wildman–Crippen LogP) is 4.61. The summed E-state index contributed by atoms with van der Waals surface area (Å²) >= 11 is 6.21. The molecule has 152 valence electrons. The van der Waals surface area contributed by atoms with Gasteiger partial charge in [0.2, 0.25) is 0 Å². The topological polar surface area (TPSA) is 38.1 Å². The summed E-state index contributed by atoms with van der Waals surface area (Å²) in [6, 6.07) is 12.1. The van der Waals surface area contributed by atoms with Crippen LogP contribution in [-0.2, 0) is 6.42 Å². The number of nitrogens with zero attached hydrogens (tertiary/aromatic N) is 2. The lowest BCUT2D eigenvalue weighted by Gasteiger charge is -2.37. The highest BCUT2D eigenvalue weighted by atomic mass is 35.5. The highest BCUT2D eigenvalue weighted by molar-refractivity contribution is 6.34. The summed E-state index contributed by atoms with van der Waals surface area (Å²) in [5, 5.41) is 1.82. The zero-order valence-corrected chi connectivity index (χ0v) is 17.2. The second-order valence-electron chi connectivity index (χ2n) is 7.61. The van der Waals surface area contributed by atoms with Crippen molar-refractivity contribution in [1.29, 1.82) is 0 Å². The van der Waals surface area contributed by atoms with Gasteiger partial charge in [0.05, 0.1) is 17.0 Å². The Morgan fingerprint density at radius 1 is 0.931 bits per heavy atom. The summed E-state index contributed by atoms with van der Waals surface area (Å²) < 4.78 is 17.3. The van der Waals surface area contributed by atoms with Crippen LogP contribution in [0.25, 0.3) is 11.0 Å². The molecule has 0 bridgehead atoms. The van der Waals surface area contributed by atoms with E-state index in [1.54, 1.807) is 0 Å². The third kappa shape index (κ3) is 3.77. The Balaban J connectivity index is 1.15. The van der Waals surface area contributed by atoms with E-state index in [1.165, 1.54) is 5.56 Å². The number of hydrogen-bond acceptors (Lipinski definition) is 5. The maximum atomic E-state index is 6.21. The van der Waals surface area contributed by atoms with Crippen LogP contribution in [0.4, 0.5) is 5.69 Å². The number of benzene rings is 2. The minimum atomic E-state index is 0.623. The summed E-state index contributed by atoms with van der Waals surface area (Å²) in [4.78, 5) is 4.95. The number of ether oxygens (including phenoxy) is 2. The first kappa shape index (κ1) is 18.6. The van der Waals surface area contributed by atoms with Crippen molar-refractivity contribution in [2.75, 3.05) is 50.8 Å². The molecule has 5 rings (SSSR count). The molecule has 0 unspecified atom stereocenters. The van der Waals surface area contributed by atoms with Crippen molar-refractivity contribution in [2.45, 2.75) is 12.8 Å². The third-order valence-electron chi connectivity index (χ3n) is 5.81. The summed E-state index contributed by atoms with van der Waals surface area (Å²) in [5.74, 6) is 1.77. The van der Waals surface area contributed by atoms with Crippen LogP contribution in [0.15, 0.2) is 47.1 Å². The number of piperazine rings is 1. The van der Waals surface area contributed by atoms with Crippen LogP contribution in [0, 0.1) is 0 Å². The van der Waals surface area contributed by atoms with Crippen LogP contribution in [0.2, 0.25) is 5.02 Å². The highest BCUT2D eigenvalue weighted by Gasteiger charge is 2.23. The first-order chi connectivity index (χ1) is 14.3. The lowest BCUT2D eigenvalue weighted by molar-refractivity contribution is 0.171. The monoisotopic (exact) mass is 412 g/mol. The van der Waals surface area contributed by atoms with Crippen molar-refractivity contribution in [3.05, 3.63) is 53.2 Å². The normalized spacial score (nSPS) is 17.1. The maximum Gasteiger partial charge on any atom is 0.184 e. The SMILES string of the molecule is Clc1cccc2c(CCCN3CCN(c4cccc5c4OCCO5)CC3)coc12. The predicted molar refractivity (Wildman–Crippen MR) is 116 cm³/mol. The number of anilines is 1. The van der Waals surface area contributed by atoms with E-state index < -0.39 is 0 Å². The lowest BCUT2D eigenvalue weighted by Crippen LogP contribution is -2.46. The van der Waals surface area contributed by atoms with Gasteiger partial charge in [-0.05, 0) is 43.1 Å². The molecule has 29 heavy (non-hydrogen) atoms. The molecule has 1 saturated heterocycles. The zero-order chi connectivity index (χ0) is 19.6. The molecule has 5 nitrogen and oxygen atoms in total. The average Bonchev–Trinajstić information content (AvgIpc) is 3.18. The molecule has 3 heterocycles. The van der Waals surface area contributed by atoms with E-state index in [9.17, 15) is 0 Å². The van der Waals surface area contributed by atoms with Gasteiger partial charge in [-0.1, -0.05) is 29.8 Å². The third-order valence-corrected chi connectivity index (χ3v) is 6.11. The average molecular weight is 413 g/mol. The van der Waals surface area contributed by atoms with Gasteiger partial charge >= 0.3 is 0 Å². The van der Waals surface area contributed by atoms with E-state index in [-0.39, 0.29) is 0 Å². The Bertz CT molecular complexity index is 995. The summed E-state index contributed by atoms with van der Waals surface area (Å²) in [6.45, 7) is 6.47. The maximum absolute atomic E-state index is 6.21. The summed E-state index contributed by atoms with van der Waals surface area (Å²) in [5.41, 5.74) is 3.20. The van der Waals surface area contributed by atoms with E-state index in [2.05, 4.69) is 28.0 Å². The molecule has 2 aliphatic heterocycles. The van der Waals surface area contributed by atoms with E-state index in [1.807, 2.05) is 24.5 Å². The molecule has 0 saturated carbocycles. The van der Waals surface area contributed by atoms with Gasteiger partial charge in [0.1, 0.15) is 13.2 Å². The minimum Gasteiger partial charge on any atom is -0.486 e. The van der Waals surface area contributed by atoms with Crippen LogP contribution in [0.5, 0.6) is 11.5 Å². The molecule has 6 heteroatoms. The van der Waals surface area contributed by atoms with Crippen molar-refractivity contribution in [2.24, 2.45) is 0 Å². The van der Waals surface area contributed by atoms with Crippen molar-refractivity contribution >= 4 is 28.3 Å².